The topological polar surface area (TPSA) is 67.9 Å². The van der Waals surface area contributed by atoms with Crippen LogP contribution in [0, 0.1) is 5.92 Å². The second-order valence-electron chi connectivity index (χ2n) is 7.09. The Bertz CT molecular complexity index is 831. The minimum absolute atomic E-state index is 0.00159. The van der Waals surface area contributed by atoms with E-state index in [1.807, 2.05) is 7.05 Å². The van der Waals surface area contributed by atoms with Gasteiger partial charge in [0.2, 0.25) is 0 Å². The quantitative estimate of drug-likeness (QED) is 0.758. The van der Waals surface area contributed by atoms with Gasteiger partial charge in [0.25, 0.3) is 11.8 Å². The zero-order chi connectivity index (χ0) is 20.1. The molecule has 6 heteroatoms. The lowest BCUT2D eigenvalue weighted by molar-refractivity contribution is -0.118. The lowest BCUT2D eigenvalue weighted by Gasteiger charge is -2.25. The molecule has 1 fully saturated rings. The number of hydrogen-bond acceptors (Lipinski definition) is 4. The largest absolute Gasteiger partial charge is 0.497 e. The van der Waals surface area contributed by atoms with Gasteiger partial charge in [0.1, 0.15) is 11.5 Å². The zero-order valence-corrected chi connectivity index (χ0v) is 16.5. The Hall–Kier alpha value is -3.02. The summed E-state index contributed by atoms with van der Waals surface area (Å²) in [6.45, 7) is 1.97. The second kappa shape index (κ2) is 8.78. The maximum Gasteiger partial charge on any atom is 0.262 e. The Morgan fingerprint density at radius 1 is 1.14 bits per heavy atom. The molecule has 6 nitrogen and oxygen atoms in total. The van der Waals surface area contributed by atoms with Crippen LogP contribution in [-0.2, 0) is 4.79 Å². The van der Waals surface area contributed by atoms with Crippen LogP contribution in [-0.4, -0.2) is 43.5 Å². The fourth-order valence-electron chi connectivity index (χ4n) is 3.02. The summed E-state index contributed by atoms with van der Waals surface area (Å²) in [6, 6.07) is 14.2. The summed E-state index contributed by atoms with van der Waals surface area (Å²) in [5.74, 6) is 1.56. The first kappa shape index (κ1) is 19.7. The monoisotopic (exact) mass is 382 g/mol. The Morgan fingerprint density at radius 2 is 1.86 bits per heavy atom. The lowest BCUT2D eigenvalue weighted by atomic mass is 10.1. The molecule has 0 heterocycles. The van der Waals surface area contributed by atoms with Crippen LogP contribution in [0.5, 0.6) is 11.5 Å². The number of benzene rings is 2. The molecule has 1 aliphatic rings. The van der Waals surface area contributed by atoms with Crippen LogP contribution < -0.4 is 14.8 Å². The second-order valence-corrected chi connectivity index (χ2v) is 7.09. The molecule has 148 valence electrons. The summed E-state index contributed by atoms with van der Waals surface area (Å²) in [5.41, 5.74) is 1.25. The van der Waals surface area contributed by atoms with Crippen molar-refractivity contribution in [3.05, 3.63) is 54.1 Å². The third-order valence-corrected chi connectivity index (χ3v) is 5.06. The molecule has 1 atom stereocenters. The number of methoxy groups -OCH3 is 1. The summed E-state index contributed by atoms with van der Waals surface area (Å²) in [6.07, 6.45) is 2.40. The number of nitrogens with zero attached hydrogens (tertiary/aromatic N) is 1. The number of hydrogen-bond donors (Lipinski definition) is 1. The first-order chi connectivity index (χ1) is 13.5. The Labute approximate surface area is 165 Å². The molecule has 0 aliphatic heterocycles. The molecule has 0 spiro atoms. The number of carbonyl (C=O) groups excluding carboxylic acids is 2. The number of anilines is 1. The van der Waals surface area contributed by atoms with Crippen LogP contribution in [0.4, 0.5) is 5.69 Å². The fraction of sp³-hybridized carbons (Fsp3) is 0.364. The smallest absolute Gasteiger partial charge is 0.262 e. The van der Waals surface area contributed by atoms with E-state index >= 15 is 0 Å². The predicted octanol–water partition coefficient (Wildman–Crippen LogP) is 3.58. The molecule has 0 radical (unpaired) electrons. The van der Waals surface area contributed by atoms with Gasteiger partial charge < -0.3 is 19.7 Å². The highest BCUT2D eigenvalue weighted by Crippen LogP contribution is 2.35. The van der Waals surface area contributed by atoms with Gasteiger partial charge in [-0.05, 0) is 62.1 Å². The van der Waals surface area contributed by atoms with E-state index in [1.165, 1.54) is 12.8 Å². The van der Waals surface area contributed by atoms with Gasteiger partial charge in [-0.15, -0.1) is 0 Å². The van der Waals surface area contributed by atoms with Gasteiger partial charge in [-0.25, -0.2) is 0 Å². The van der Waals surface area contributed by atoms with Gasteiger partial charge in [-0.2, -0.15) is 0 Å². The van der Waals surface area contributed by atoms with Crippen LogP contribution >= 0.6 is 0 Å². The Morgan fingerprint density at radius 3 is 2.50 bits per heavy atom. The molecule has 0 aromatic heterocycles. The van der Waals surface area contributed by atoms with Crippen molar-refractivity contribution in [3.8, 4) is 11.5 Å². The van der Waals surface area contributed by atoms with Crippen LogP contribution in [0.3, 0.4) is 0 Å². The van der Waals surface area contributed by atoms with Crippen molar-refractivity contribution >= 4 is 17.5 Å². The maximum atomic E-state index is 12.6. The SMILES string of the molecule is COc1cccc(NC(=O)COc2ccc(C(=O)N(C)C(C)C3CC3)cc2)c1. The zero-order valence-electron chi connectivity index (χ0n) is 16.5. The van der Waals surface area contributed by atoms with E-state index in [2.05, 4.69) is 12.2 Å². The van der Waals surface area contributed by atoms with Gasteiger partial charge in [0.15, 0.2) is 6.61 Å². The first-order valence-corrected chi connectivity index (χ1v) is 9.42. The molecule has 2 aromatic carbocycles. The maximum absolute atomic E-state index is 12.6. The summed E-state index contributed by atoms with van der Waals surface area (Å²) in [4.78, 5) is 26.4. The van der Waals surface area contributed by atoms with E-state index in [4.69, 9.17) is 9.47 Å². The van der Waals surface area contributed by atoms with E-state index in [0.717, 1.165) is 0 Å². The molecular weight excluding hydrogens is 356 g/mol. The summed E-state index contributed by atoms with van der Waals surface area (Å²) in [5, 5.41) is 2.76. The molecule has 1 saturated carbocycles. The van der Waals surface area contributed by atoms with Crippen LogP contribution in [0.25, 0.3) is 0 Å². The highest BCUT2D eigenvalue weighted by atomic mass is 16.5. The third-order valence-electron chi connectivity index (χ3n) is 5.06. The van der Waals surface area contributed by atoms with Crippen molar-refractivity contribution in [2.75, 3.05) is 26.1 Å². The molecule has 2 amide bonds. The van der Waals surface area contributed by atoms with Gasteiger partial charge in [0.05, 0.1) is 7.11 Å². The molecular formula is C22H26N2O4. The fourth-order valence-corrected chi connectivity index (χ4v) is 3.02. The van der Waals surface area contributed by atoms with Crippen molar-refractivity contribution in [1.29, 1.82) is 0 Å². The number of rotatable bonds is 8. The third kappa shape index (κ3) is 5.03. The standard InChI is InChI=1S/C22H26N2O4/c1-15(16-7-8-16)24(2)22(26)17-9-11-19(12-10-17)28-14-21(25)23-18-5-4-6-20(13-18)27-3/h4-6,9-13,15-16H,7-8,14H2,1-3H3,(H,23,25). The number of amides is 2. The van der Waals surface area contributed by atoms with Crippen molar-refractivity contribution in [2.24, 2.45) is 5.92 Å². The Balaban J connectivity index is 1.51. The Kier molecular flexibility index (Phi) is 6.19. The summed E-state index contributed by atoms with van der Waals surface area (Å²) < 4.78 is 10.6. The number of carbonyl (C=O) groups is 2. The molecule has 1 aliphatic carbocycles. The van der Waals surface area contributed by atoms with Gasteiger partial charge >= 0.3 is 0 Å². The normalized spacial score (nSPS) is 14.1. The van der Waals surface area contributed by atoms with Crippen molar-refractivity contribution in [2.45, 2.75) is 25.8 Å². The van der Waals surface area contributed by atoms with Gasteiger partial charge in [0, 0.05) is 30.4 Å². The molecule has 2 aromatic rings. The molecule has 3 rings (SSSR count). The predicted molar refractivity (Wildman–Crippen MR) is 108 cm³/mol. The average Bonchev–Trinajstić information content (AvgIpc) is 3.56. The van der Waals surface area contributed by atoms with Gasteiger partial charge in [-0.1, -0.05) is 6.07 Å². The van der Waals surface area contributed by atoms with Crippen molar-refractivity contribution in [1.82, 2.24) is 4.90 Å². The van der Waals surface area contributed by atoms with Crippen LogP contribution in [0.1, 0.15) is 30.1 Å². The van der Waals surface area contributed by atoms with Crippen molar-refractivity contribution < 1.29 is 19.1 Å². The van der Waals surface area contributed by atoms with E-state index in [-0.39, 0.29) is 24.5 Å². The van der Waals surface area contributed by atoms with Crippen LogP contribution in [0.2, 0.25) is 0 Å². The minimum Gasteiger partial charge on any atom is -0.497 e. The van der Waals surface area contributed by atoms with E-state index in [9.17, 15) is 9.59 Å². The average molecular weight is 382 g/mol. The molecule has 1 N–H and O–H groups in total. The van der Waals surface area contributed by atoms with Crippen molar-refractivity contribution in [3.63, 3.8) is 0 Å². The molecule has 1 unspecified atom stereocenters. The first-order valence-electron chi connectivity index (χ1n) is 9.42. The lowest BCUT2D eigenvalue weighted by Crippen LogP contribution is -2.36. The number of nitrogens with one attached hydrogen (secondary N) is 1. The molecule has 28 heavy (non-hydrogen) atoms. The minimum atomic E-state index is -0.272. The summed E-state index contributed by atoms with van der Waals surface area (Å²) >= 11 is 0. The van der Waals surface area contributed by atoms with E-state index in [0.29, 0.717) is 28.7 Å². The van der Waals surface area contributed by atoms with Crippen LogP contribution in [0.15, 0.2) is 48.5 Å². The molecule has 0 saturated heterocycles. The molecule has 0 bridgehead atoms. The van der Waals surface area contributed by atoms with E-state index < -0.39 is 0 Å². The summed E-state index contributed by atoms with van der Waals surface area (Å²) in [7, 11) is 3.42. The highest BCUT2D eigenvalue weighted by Gasteiger charge is 2.32. The highest BCUT2D eigenvalue weighted by molar-refractivity contribution is 5.94. The van der Waals surface area contributed by atoms with Gasteiger partial charge in [-0.3, -0.25) is 9.59 Å². The van der Waals surface area contributed by atoms with E-state index in [1.54, 1.807) is 60.5 Å². The number of ether oxygens (including phenoxy) is 2.